The largest absolute Gasteiger partial charge is 0.396 e. The SMILES string of the molecule is Cn1cc(C(=O)N2C[C@@H]3[C@H](CO)[C@H]4CN(C/C=C/c5ccccc5)C[C@]3(C2)O4)ccc1=O. The molecule has 0 saturated carbocycles. The van der Waals surface area contributed by atoms with Crippen LogP contribution < -0.4 is 5.56 Å². The average molecular weight is 436 g/mol. The van der Waals surface area contributed by atoms with Gasteiger partial charge in [-0.05, 0) is 11.6 Å². The zero-order chi connectivity index (χ0) is 22.3. The van der Waals surface area contributed by atoms with Gasteiger partial charge in [-0.2, -0.15) is 0 Å². The van der Waals surface area contributed by atoms with Crippen molar-refractivity contribution in [2.24, 2.45) is 18.9 Å². The normalized spacial score (nSPS) is 29.6. The van der Waals surface area contributed by atoms with Crippen LogP contribution in [0.1, 0.15) is 15.9 Å². The fourth-order valence-electron chi connectivity index (χ4n) is 5.63. The third-order valence-electron chi connectivity index (χ3n) is 7.17. The quantitative estimate of drug-likeness (QED) is 0.765. The molecule has 2 bridgehead atoms. The lowest BCUT2D eigenvalue weighted by atomic mass is 9.83. The molecule has 7 nitrogen and oxygen atoms in total. The first kappa shape index (κ1) is 21.1. The van der Waals surface area contributed by atoms with Crippen LogP contribution in [0.4, 0.5) is 0 Å². The molecule has 1 N–H and O–H groups in total. The summed E-state index contributed by atoms with van der Waals surface area (Å²) in [4.78, 5) is 29.1. The van der Waals surface area contributed by atoms with Crippen LogP contribution in [0.2, 0.25) is 0 Å². The molecule has 0 unspecified atom stereocenters. The van der Waals surface area contributed by atoms with E-state index < -0.39 is 5.60 Å². The highest BCUT2D eigenvalue weighted by molar-refractivity contribution is 5.94. The number of rotatable bonds is 5. The standard InChI is InChI=1S/C25H29N3O4/c1-26-12-19(9-10-23(26)30)24(31)28-13-21-20(15-29)22-14-27(16-25(21,17-28)32-22)11-5-8-18-6-3-2-4-7-18/h2-10,12,20-22,29H,11,13-17H2,1H3/b8-5+/t20-,21+,22+,25+/m0/s1. The summed E-state index contributed by atoms with van der Waals surface area (Å²) in [5.74, 6) is 0.0374. The van der Waals surface area contributed by atoms with Crippen LogP contribution in [0.15, 0.2) is 59.5 Å². The van der Waals surface area contributed by atoms with Gasteiger partial charge in [0.25, 0.3) is 5.91 Å². The molecule has 4 atom stereocenters. The van der Waals surface area contributed by atoms with E-state index in [1.807, 2.05) is 23.1 Å². The molecule has 3 aliphatic heterocycles. The second-order valence-electron chi connectivity index (χ2n) is 9.23. The third kappa shape index (κ3) is 3.70. The summed E-state index contributed by atoms with van der Waals surface area (Å²) in [6, 6.07) is 13.2. The number of aromatic nitrogens is 1. The minimum Gasteiger partial charge on any atom is -0.396 e. The maximum absolute atomic E-state index is 13.2. The summed E-state index contributed by atoms with van der Waals surface area (Å²) in [6.45, 7) is 3.46. The Morgan fingerprint density at radius 3 is 2.75 bits per heavy atom. The number of aryl methyl sites for hydroxylation is 1. The van der Waals surface area contributed by atoms with Gasteiger partial charge in [-0.1, -0.05) is 42.5 Å². The third-order valence-corrected chi connectivity index (χ3v) is 7.17. The van der Waals surface area contributed by atoms with Crippen LogP contribution in [-0.2, 0) is 11.8 Å². The minimum atomic E-state index is -0.451. The van der Waals surface area contributed by atoms with Gasteiger partial charge in [0.05, 0.1) is 18.2 Å². The lowest BCUT2D eigenvalue weighted by Gasteiger charge is -2.40. The lowest BCUT2D eigenvalue weighted by Crippen LogP contribution is -2.54. The number of aliphatic hydroxyl groups excluding tert-OH is 1. The summed E-state index contributed by atoms with van der Waals surface area (Å²) in [5.41, 5.74) is 1.08. The van der Waals surface area contributed by atoms with E-state index in [1.54, 1.807) is 19.3 Å². The number of hydrogen-bond donors (Lipinski definition) is 1. The second-order valence-corrected chi connectivity index (χ2v) is 9.23. The van der Waals surface area contributed by atoms with Crippen LogP contribution in [-0.4, -0.2) is 76.4 Å². The van der Waals surface area contributed by atoms with Crippen LogP contribution in [0.5, 0.6) is 0 Å². The fourth-order valence-corrected chi connectivity index (χ4v) is 5.63. The van der Waals surface area contributed by atoms with Crippen LogP contribution in [0.3, 0.4) is 0 Å². The van der Waals surface area contributed by atoms with E-state index in [9.17, 15) is 14.7 Å². The van der Waals surface area contributed by atoms with Crippen LogP contribution in [0.25, 0.3) is 6.08 Å². The van der Waals surface area contributed by atoms with E-state index >= 15 is 0 Å². The Kier molecular flexibility index (Phi) is 5.49. The van der Waals surface area contributed by atoms with Crippen molar-refractivity contribution in [3.05, 3.63) is 76.2 Å². The first-order valence-electron chi connectivity index (χ1n) is 11.2. The Morgan fingerprint density at radius 2 is 2.00 bits per heavy atom. The molecule has 5 rings (SSSR count). The Labute approximate surface area is 187 Å². The number of ether oxygens (including phenoxy) is 1. The number of pyridine rings is 1. The van der Waals surface area contributed by atoms with Gasteiger partial charge in [0, 0.05) is 63.9 Å². The molecule has 168 valence electrons. The smallest absolute Gasteiger partial charge is 0.255 e. The maximum Gasteiger partial charge on any atom is 0.255 e. The Morgan fingerprint density at radius 1 is 1.19 bits per heavy atom. The number of fused-ring (bicyclic) bond motifs is 1. The molecule has 1 amide bonds. The number of carbonyl (C=O) groups is 1. The summed E-state index contributed by atoms with van der Waals surface area (Å²) >= 11 is 0. The van der Waals surface area contributed by atoms with E-state index in [-0.39, 0.29) is 36.0 Å². The zero-order valence-electron chi connectivity index (χ0n) is 18.3. The number of morpholine rings is 1. The monoisotopic (exact) mass is 435 g/mol. The molecule has 1 aromatic heterocycles. The first-order chi connectivity index (χ1) is 15.5. The number of aliphatic hydroxyl groups is 1. The molecule has 1 aromatic carbocycles. The Hall–Kier alpha value is -2.74. The fraction of sp³-hybridized carbons (Fsp3) is 0.440. The molecule has 1 spiro atoms. The van der Waals surface area contributed by atoms with Crippen molar-refractivity contribution in [2.45, 2.75) is 11.7 Å². The molecular weight excluding hydrogens is 406 g/mol. The predicted octanol–water partition coefficient (Wildman–Crippen LogP) is 1.23. The van der Waals surface area contributed by atoms with Crippen molar-refractivity contribution in [2.75, 3.05) is 39.3 Å². The summed E-state index contributed by atoms with van der Waals surface area (Å²) < 4.78 is 7.91. The molecule has 7 heteroatoms. The van der Waals surface area contributed by atoms with Gasteiger partial charge < -0.3 is 19.3 Å². The molecule has 2 aromatic rings. The number of benzene rings is 1. The van der Waals surface area contributed by atoms with E-state index in [0.29, 0.717) is 18.7 Å². The highest BCUT2D eigenvalue weighted by Crippen LogP contribution is 2.49. The van der Waals surface area contributed by atoms with Gasteiger partial charge in [0.1, 0.15) is 5.60 Å². The topological polar surface area (TPSA) is 75.0 Å². The molecule has 0 radical (unpaired) electrons. The van der Waals surface area contributed by atoms with Crippen molar-refractivity contribution < 1.29 is 14.6 Å². The van der Waals surface area contributed by atoms with E-state index in [0.717, 1.165) is 19.6 Å². The van der Waals surface area contributed by atoms with Crippen molar-refractivity contribution in [1.29, 1.82) is 0 Å². The van der Waals surface area contributed by atoms with E-state index in [2.05, 4.69) is 29.2 Å². The van der Waals surface area contributed by atoms with Gasteiger partial charge in [-0.15, -0.1) is 0 Å². The van der Waals surface area contributed by atoms with Gasteiger partial charge in [0.15, 0.2) is 0 Å². The van der Waals surface area contributed by atoms with Crippen molar-refractivity contribution in [1.82, 2.24) is 14.4 Å². The highest BCUT2D eigenvalue weighted by atomic mass is 16.5. The van der Waals surface area contributed by atoms with Gasteiger partial charge >= 0.3 is 0 Å². The maximum atomic E-state index is 13.2. The van der Waals surface area contributed by atoms with Crippen LogP contribution >= 0.6 is 0 Å². The van der Waals surface area contributed by atoms with Gasteiger partial charge in [-0.25, -0.2) is 0 Å². The van der Waals surface area contributed by atoms with Crippen LogP contribution in [0, 0.1) is 11.8 Å². The number of carbonyl (C=O) groups excluding carboxylic acids is 1. The Bertz CT molecular complexity index is 1080. The second kappa shape index (κ2) is 8.31. The summed E-state index contributed by atoms with van der Waals surface area (Å²) in [5, 5.41) is 10.1. The number of hydrogen-bond acceptors (Lipinski definition) is 5. The summed E-state index contributed by atoms with van der Waals surface area (Å²) in [7, 11) is 1.65. The highest BCUT2D eigenvalue weighted by Gasteiger charge is 2.62. The lowest BCUT2D eigenvalue weighted by molar-refractivity contribution is -0.113. The van der Waals surface area contributed by atoms with Gasteiger partial charge in [0.2, 0.25) is 5.56 Å². The first-order valence-corrected chi connectivity index (χ1v) is 11.2. The molecule has 32 heavy (non-hydrogen) atoms. The molecule has 3 aliphatic rings. The van der Waals surface area contributed by atoms with Gasteiger partial charge in [-0.3, -0.25) is 14.5 Å². The number of likely N-dealkylation sites (tertiary alicyclic amines) is 2. The summed E-state index contributed by atoms with van der Waals surface area (Å²) in [6.07, 6.45) is 5.87. The molecule has 3 fully saturated rings. The minimum absolute atomic E-state index is 0.0151. The Balaban J connectivity index is 1.32. The van der Waals surface area contributed by atoms with Crippen molar-refractivity contribution in [3.63, 3.8) is 0 Å². The van der Waals surface area contributed by atoms with E-state index in [1.165, 1.54) is 16.2 Å². The van der Waals surface area contributed by atoms with Crippen molar-refractivity contribution in [3.8, 4) is 0 Å². The molecule has 0 aliphatic carbocycles. The zero-order valence-corrected chi connectivity index (χ0v) is 18.3. The predicted molar refractivity (Wildman–Crippen MR) is 121 cm³/mol. The van der Waals surface area contributed by atoms with E-state index in [4.69, 9.17) is 4.74 Å². The average Bonchev–Trinajstić information content (AvgIpc) is 3.23. The van der Waals surface area contributed by atoms with Crippen molar-refractivity contribution >= 4 is 12.0 Å². The molecular formula is C25H29N3O4. The number of amides is 1. The molecule has 4 heterocycles. The number of nitrogens with zero attached hydrogens (tertiary/aromatic N) is 3. The molecule has 3 saturated heterocycles.